The van der Waals surface area contributed by atoms with Crippen LogP contribution >= 0.6 is 0 Å². The van der Waals surface area contributed by atoms with E-state index in [1.807, 2.05) is 38.4 Å². The second-order valence-electron chi connectivity index (χ2n) is 8.79. The lowest BCUT2D eigenvalue weighted by atomic mass is 9.92. The first-order chi connectivity index (χ1) is 16.6. The zero-order valence-corrected chi connectivity index (χ0v) is 19.3. The van der Waals surface area contributed by atoms with E-state index in [1.54, 1.807) is 6.07 Å². The number of pyridine rings is 1. The Morgan fingerprint density at radius 1 is 1.21 bits per heavy atom. The van der Waals surface area contributed by atoms with Gasteiger partial charge in [-0.2, -0.15) is 10.4 Å². The summed E-state index contributed by atoms with van der Waals surface area (Å²) in [5, 5.41) is 21.2. The van der Waals surface area contributed by atoms with Gasteiger partial charge < -0.3 is 10.1 Å². The standard InChI is InChI=1S/C27H26FN5O/c1-16-9-17(14-30-2)10-23(28)26(16)21-12-22-25(11-20(21)13-29)32-33-27(22)19-3-4-24(31-15-19)18-5-7-34-8-6-18/h3-4,9-12,15,18,30H,5-8,14H2,1-2H3,(H,32,33). The van der Waals surface area contributed by atoms with Crippen LogP contribution in [-0.4, -0.2) is 35.4 Å². The number of nitriles is 1. The summed E-state index contributed by atoms with van der Waals surface area (Å²) in [6.07, 6.45) is 3.81. The number of H-pyrrole nitrogens is 1. The minimum absolute atomic E-state index is 0.339. The smallest absolute Gasteiger partial charge is 0.131 e. The minimum Gasteiger partial charge on any atom is -0.381 e. The molecule has 0 bridgehead atoms. The second kappa shape index (κ2) is 9.34. The van der Waals surface area contributed by atoms with Crippen molar-refractivity contribution in [3.63, 3.8) is 0 Å². The van der Waals surface area contributed by atoms with E-state index in [1.165, 1.54) is 6.07 Å². The van der Waals surface area contributed by atoms with Crippen molar-refractivity contribution < 1.29 is 9.13 Å². The highest BCUT2D eigenvalue weighted by Crippen LogP contribution is 2.36. The molecule has 172 valence electrons. The van der Waals surface area contributed by atoms with E-state index < -0.39 is 0 Å². The van der Waals surface area contributed by atoms with Crippen molar-refractivity contribution in [2.24, 2.45) is 0 Å². The van der Waals surface area contributed by atoms with Crippen molar-refractivity contribution in [2.75, 3.05) is 20.3 Å². The number of benzene rings is 2. The fraction of sp³-hybridized carbons (Fsp3) is 0.296. The quantitative estimate of drug-likeness (QED) is 0.431. The number of aryl methyl sites for hydroxylation is 1. The first-order valence-corrected chi connectivity index (χ1v) is 11.5. The molecule has 1 aliphatic rings. The molecule has 0 spiro atoms. The van der Waals surface area contributed by atoms with Crippen molar-refractivity contribution in [1.29, 1.82) is 5.26 Å². The Hall–Kier alpha value is -3.60. The second-order valence-corrected chi connectivity index (χ2v) is 8.79. The molecule has 0 aliphatic carbocycles. The molecule has 1 saturated heterocycles. The van der Waals surface area contributed by atoms with Gasteiger partial charge in [-0.15, -0.1) is 0 Å². The normalized spacial score (nSPS) is 14.4. The topological polar surface area (TPSA) is 86.6 Å². The number of nitrogens with one attached hydrogen (secondary N) is 2. The number of ether oxygens (including phenoxy) is 1. The van der Waals surface area contributed by atoms with Crippen LogP contribution in [0.1, 0.15) is 41.1 Å². The number of hydrogen-bond acceptors (Lipinski definition) is 5. The van der Waals surface area contributed by atoms with Gasteiger partial charge in [0.25, 0.3) is 0 Å². The average molecular weight is 456 g/mol. The molecule has 1 aliphatic heterocycles. The minimum atomic E-state index is -0.339. The molecule has 4 aromatic rings. The van der Waals surface area contributed by atoms with Crippen molar-refractivity contribution in [2.45, 2.75) is 32.2 Å². The van der Waals surface area contributed by atoms with Crippen LogP contribution < -0.4 is 5.32 Å². The van der Waals surface area contributed by atoms with E-state index >= 15 is 4.39 Å². The lowest BCUT2D eigenvalue weighted by molar-refractivity contribution is 0.0845. The molecule has 0 saturated carbocycles. The molecule has 34 heavy (non-hydrogen) atoms. The highest BCUT2D eigenvalue weighted by molar-refractivity contribution is 5.97. The first-order valence-electron chi connectivity index (χ1n) is 11.5. The molecular formula is C27H26FN5O. The maximum Gasteiger partial charge on any atom is 0.131 e. The third kappa shape index (κ3) is 4.07. The predicted molar refractivity (Wildman–Crippen MR) is 130 cm³/mol. The van der Waals surface area contributed by atoms with E-state index in [2.05, 4.69) is 27.6 Å². The van der Waals surface area contributed by atoms with Gasteiger partial charge in [0.15, 0.2) is 0 Å². The Bertz CT molecular complexity index is 1360. The summed E-state index contributed by atoms with van der Waals surface area (Å²) < 4.78 is 20.7. The van der Waals surface area contributed by atoms with E-state index in [4.69, 9.17) is 9.72 Å². The molecular weight excluding hydrogens is 429 g/mol. The van der Waals surface area contributed by atoms with Crippen LogP contribution in [0.15, 0.2) is 42.6 Å². The summed E-state index contributed by atoms with van der Waals surface area (Å²) in [6.45, 7) is 3.99. The van der Waals surface area contributed by atoms with Gasteiger partial charge in [0.1, 0.15) is 11.5 Å². The summed E-state index contributed by atoms with van der Waals surface area (Å²) in [5.74, 6) is 0.0778. The van der Waals surface area contributed by atoms with Gasteiger partial charge in [0, 0.05) is 59.6 Å². The number of halogens is 1. The largest absolute Gasteiger partial charge is 0.381 e. The van der Waals surface area contributed by atoms with Crippen molar-refractivity contribution in [1.82, 2.24) is 20.5 Å². The average Bonchev–Trinajstić information content (AvgIpc) is 3.27. The van der Waals surface area contributed by atoms with Crippen molar-refractivity contribution in [3.8, 4) is 28.5 Å². The molecule has 0 radical (unpaired) electrons. The number of rotatable bonds is 5. The van der Waals surface area contributed by atoms with Crippen LogP contribution in [0.3, 0.4) is 0 Å². The summed E-state index contributed by atoms with van der Waals surface area (Å²) in [4.78, 5) is 4.71. The van der Waals surface area contributed by atoms with Crippen LogP contribution in [0, 0.1) is 24.1 Å². The van der Waals surface area contributed by atoms with Gasteiger partial charge in [-0.1, -0.05) is 6.07 Å². The molecule has 0 unspecified atom stereocenters. The van der Waals surface area contributed by atoms with Crippen LogP contribution in [-0.2, 0) is 11.3 Å². The summed E-state index contributed by atoms with van der Waals surface area (Å²) in [6, 6.07) is 13.4. The summed E-state index contributed by atoms with van der Waals surface area (Å²) in [7, 11) is 1.83. The molecule has 0 amide bonds. The molecule has 2 aromatic carbocycles. The molecule has 2 N–H and O–H groups in total. The van der Waals surface area contributed by atoms with Gasteiger partial charge in [-0.25, -0.2) is 4.39 Å². The maximum absolute atomic E-state index is 15.2. The van der Waals surface area contributed by atoms with E-state index in [0.717, 1.165) is 65.0 Å². The van der Waals surface area contributed by atoms with Crippen LogP contribution in [0.4, 0.5) is 4.39 Å². The molecule has 2 aromatic heterocycles. The monoisotopic (exact) mass is 455 g/mol. The summed E-state index contributed by atoms with van der Waals surface area (Å²) in [5.41, 5.74) is 6.46. The molecule has 6 nitrogen and oxygen atoms in total. The Morgan fingerprint density at radius 3 is 2.71 bits per heavy atom. The van der Waals surface area contributed by atoms with E-state index in [0.29, 0.717) is 29.2 Å². The van der Waals surface area contributed by atoms with Crippen LogP contribution in [0.2, 0.25) is 0 Å². The fourth-order valence-corrected chi connectivity index (χ4v) is 4.83. The Labute approximate surface area is 197 Å². The zero-order chi connectivity index (χ0) is 23.7. The van der Waals surface area contributed by atoms with E-state index in [9.17, 15) is 5.26 Å². The van der Waals surface area contributed by atoms with E-state index in [-0.39, 0.29) is 5.82 Å². The molecule has 7 heteroatoms. The third-order valence-corrected chi connectivity index (χ3v) is 6.52. The van der Waals surface area contributed by atoms with Gasteiger partial charge in [-0.3, -0.25) is 10.1 Å². The highest BCUT2D eigenvalue weighted by atomic mass is 19.1. The zero-order valence-electron chi connectivity index (χ0n) is 19.3. The van der Waals surface area contributed by atoms with Crippen LogP contribution in [0.5, 0.6) is 0 Å². The van der Waals surface area contributed by atoms with Gasteiger partial charge >= 0.3 is 0 Å². The number of fused-ring (bicyclic) bond motifs is 1. The molecule has 3 heterocycles. The maximum atomic E-state index is 15.2. The third-order valence-electron chi connectivity index (χ3n) is 6.52. The highest BCUT2D eigenvalue weighted by Gasteiger charge is 2.20. The lowest BCUT2D eigenvalue weighted by Crippen LogP contribution is -2.14. The van der Waals surface area contributed by atoms with Gasteiger partial charge in [0.05, 0.1) is 17.1 Å². The number of nitrogens with zero attached hydrogens (tertiary/aromatic N) is 3. The Morgan fingerprint density at radius 2 is 2.03 bits per heavy atom. The number of aromatic nitrogens is 3. The Balaban J connectivity index is 1.58. The molecule has 5 rings (SSSR count). The lowest BCUT2D eigenvalue weighted by Gasteiger charge is -2.21. The number of hydrogen-bond donors (Lipinski definition) is 2. The van der Waals surface area contributed by atoms with Crippen LogP contribution in [0.25, 0.3) is 33.3 Å². The predicted octanol–water partition coefficient (Wildman–Crippen LogP) is 5.22. The molecule has 1 fully saturated rings. The number of aromatic amines is 1. The molecule has 0 atom stereocenters. The van der Waals surface area contributed by atoms with Gasteiger partial charge in [0.2, 0.25) is 0 Å². The van der Waals surface area contributed by atoms with Crippen molar-refractivity contribution >= 4 is 10.9 Å². The first kappa shape index (κ1) is 22.2. The van der Waals surface area contributed by atoms with Crippen molar-refractivity contribution in [3.05, 3.63) is 70.8 Å². The fourth-order valence-electron chi connectivity index (χ4n) is 4.83. The van der Waals surface area contributed by atoms with Gasteiger partial charge in [-0.05, 0) is 68.3 Å². The summed E-state index contributed by atoms with van der Waals surface area (Å²) >= 11 is 0. The Kier molecular flexibility index (Phi) is 6.10. The SMILES string of the molecule is CNCc1cc(C)c(-c2cc3c(-c4ccc(C5CCOCC5)nc4)n[nH]c3cc2C#N)c(F)c1.